The van der Waals surface area contributed by atoms with Gasteiger partial charge in [-0.15, -0.1) is 0 Å². The lowest BCUT2D eigenvalue weighted by Crippen LogP contribution is -2.00. The fourth-order valence-electron chi connectivity index (χ4n) is 9.09. The summed E-state index contributed by atoms with van der Waals surface area (Å²) < 4.78 is 19.2. The molecule has 0 aliphatic carbocycles. The molecule has 0 aliphatic heterocycles. The molecule has 294 valence electrons. The number of fused-ring (bicyclic) bond motifs is 9. The monoisotopic (exact) mass is 807 g/mol. The molecule has 0 unspecified atom stereocenters. The van der Waals surface area contributed by atoms with Gasteiger partial charge >= 0.3 is 0 Å². The highest BCUT2D eigenvalue weighted by molar-refractivity contribution is 6.17. The minimum Gasteiger partial charge on any atom is -0.456 e. The summed E-state index contributed by atoms with van der Waals surface area (Å²) in [7, 11) is 0. The molecule has 0 bridgehead atoms. The normalized spacial score (nSPS) is 11.8. The van der Waals surface area contributed by atoms with Crippen LogP contribution in [0.25, 0.3) is 133 Å². The van der Waals surface area contributed by atoms with Crippen LogP contribution in [-0.2, 0) is 0 Å². The molecule has 6 heteroatoms. The number of nitrogens with zero attached hydrogens (tertiary/aromatic N) is 3. The van der Waals surface area contributed by atoms with E-state index in [1.807, 2.05) is 60.7 Å². The third kappa shape index (κ3) is 5.84. The van der Waals surface area contributed by atoms with Crippen molar-refractivity contribution in [2.75, 3.05) is 0 Å². The molecule has 0 radical (unpaired) electrons. The topological polar surface area (TPSA) is 78.1 Å². The van der Waals surface area contributed by atoms with Gasteiger partial charge in [0.2, 0.25) is 0 Å². The van der Waals surface area contributed by atoms with Crippen LogP contribution >= 0.6 is 0 Å². The molecule has 4 heterocycles. The van der Waals surface area contributed by atoms with Gasteiger partial charge in [0.1, 0.15) is 33.5 Å². The van der Waals surface area contributed by atoms with Gasteiger partial charge in [0, 0.05) is 54.6 Å². The van der Waals surface area contributed by atoms with Crippen molar-refractivity contribution in [1.82, 2.24) is 15.0 Å². The van der Waals surface area contributed by atoms with E-state index in [9.17, 15) is 0 Å². The Bertz CT molecular complexity index is 3920. The van der Waals surface area contributed by atoms with Gasteiger partial charge in [0.05, 0.1) is 0 Å². The lowest BCUT2D eigenvalue weighted by Gasteiger charge is -2.11. The molecular formula is C57H33N3O3. The smallest absolute Gasteiger partial charge is 0.164 e. The fraction of sp³-hybridized carbons (Fsp3) is 0. The lowest BCUT2D eigenvalue weighted by molar-refractivity contribution is 0.668. The molecule has 9 aromatic carbocycles. The zero-order chi connectivity index (χ0) is 41.4. The van der Waals surface area contributed by atoms with E-state index in [1.54, 1.807) is 0 Å². The summed E-state index contributed by atoms with van der Waals surface area (Å²) in [5.41, 5.74) is 14.1. The number of hydrogen-bond acceptors (Lipinski definition) is 6. The van der Waals surface area contributed by atoms with E-state index in [1.165, 1.54) is 0 Å². The van der Waals surface area contributed by atoms with Crippen molar-refractivity contribution in [1.29, 1.82) is 0 Å². The predicted octanol–water partition coefficient (Wildman–Crippen LogP) is 15.6. The summed E-state index contributed by atoms with van der Waals surface area (Å²) in [4.78, 5) is 15.4. The van der Waals surface area contributed by atoms with Gasteiger partial charge in [-0.25, -0.2) is 15.0 Å². The number of rotatable bonds is 6. The maximum absolute atomic E-state index is 6.71. The van der Waals surface area contributed by atoms with Crippen molar-refractivity contribution in [2.24, 2.45) is 0 Å². The van der Waals surface area contributed by atoms with Crippen LogP contribution in [0.1, 0.15) is 0 Å². The van der Waals surface area contributed by atoms with Crippen molar-refractivity contribution in [2.45, 2.75) is 0 Å². The Morgan fingerprint density at radius 3 is 1.52 bits per heavy atom. The molecule has 0 saturated heterocycles. The predicted molar refractivity (Wildman–Crippen MR) is 254 cm³/mol. The van der Waals surface area contributed by atoms with Crippen molar-refractivity contribution in [3.05, 3.63) is 200 Å². The molecule has 0 atom stereocenters. The molecule has 0 aliphatic rings. The Labute approximate surface area is 360 Å². The van der Waals surface area contributed by atoms with E-state index in [0.717, 1.165) is 116 Å². The number of benzene rings is 9. The number of aromatic nitrogens is 3. The molecule has 0 spiro atoms. The van der Waals surface area contributed by atoms with Gasteiger partial charge in [-0.3, -0.25) is 0 Å². The molecule has 0 N–H and O–H groups in total. The average Bonchev–Trinajstić information content (AvgIpc) is 4.05. The summed E-state index contributed by atoms with van der Waals surface area (Å²) >= 11 is 0. The molecule has 4 aromatic heterocycles. The zero-order valence-electron chi connectivity index (χ0n) is 33.6. The van der Waals surface area contributed by atoms with Crippen LogP contribution in [0.5, 0.6) is 0 Å². The average molecular weight is 808 g/mol. The quantitative estimate of drug-likeness (QED) is 0.166. The molecule has 13 rings (SSSR count). The SMILES string of the molecule is c1ccc(-c2cccc(-c3nc(-c4ccc(-c5ccc(-c6ccc7oc8ccccc8c7c6)c6oc7ccccc7c56)cc4)nc(-c4ccc5c(c4)oc4ccccc45)n3)c2)cc1. The minimum atomic E-state index is 0.565. The first-order valence-electron chi connectivity index (χ1n) is 21.0. The van der Waals surface area contributed by atoms with Crippen LogP contribution in [0.3, 0.4) is 0 Å². The summed E-state index contributed by atoms with van der Waals surface area (Å²) in [6.45, 7) is 0. The van der Waals surface area contributed by atoms with E-state index in [-0.39, 0.29) is 0 Å². The van der Waals surface area contributed by atoms with Crippen LogP contribution in [0.15, 0.2) is 213 Å². The molecule has 63 heavy (non-hydrogen) atoms. The summed E-state index contributed by atoms with van der Waals surface area (Å²) in [5.74, 6) is 1.73. The molecular weight excluding hydrogens is 775 g/mol. The van der Waals surface area contributed by atoms with E-state index in [0.29, 0.717) is 17.5 Å². The van der Waals surface area contributed by atoms with Crippen molar-refractivity contribution in [3.8, 4) is 67.5 Å². The van der Waals surface area contributed by atoms with Gasteiger partial charge in [-0.1, -0.05) is 146 Å². The molecule has 0 saturated carbocycles. The number of hydrogen-bond donors (Lipinski definition) is 0. The maximum atomic E-state index is 6.71. The van der Waals surface area contributed by atoms with Crippen LogP contribution in [0.4, 0.5) is 0 Å². The van der Waals surface area contributed by atoms with Gasteiger partial charge in [0.15, 0.2) is 17.5 Å². The first-order valence-corrected chi connectivity index (χ1v) is 21.0. The van der Waals surface area contributed by atoms with E-state index in [2.05, 4.69) is 140 Å². The molecule has 0 fully saturated rings. The van der Waals surface area contributed by atoms with Gasteiger partial charge in [-0.2, -0.15) is 0 Å². The number of para-hydroxylation sites is 3. The molecule has 6 nitrogen and oxygen atoms in total. The highest BCUT2D eigenvalue weighted by atomic mass is 16.3. The second kappa shape index (κ2) is 14.0. The largest absolute Gasteiger partial charge is 0.456 e. The second-order valence-electron chi connectivity index (χ2n) is 15.9. The minimum absolute atomic E-state index is 0.565. The highest BCUT2D eigenvalue weighted by Gasteiger charge is 2.20. The lowest BCUT2D eigenvalue weighted by atomic mass is 9.93. The van der Waals surface area contributed by atoms with Crippen molar-refractivity contribution in [3.63, 3.8) is 0 Å². The standard InChI is InChI=1S/C57H33N3O3/c1-2-11-34(12-3-1)37-13-10-14-39(31-37)56-58-55(59-57(60-56)40-25-27-45-43-15-4-7-18-48(43)62-52(45)33-40)36-23-21-35(22-24-36)41-28-29-42(54-53(41)46-17-6-9-20-50(46)63-54)38-26-30-51-47(32-38)44-16-5-8-19-49(44)61-51/h1-33H. The Morgan fingerprint density at radius 2 is 0.762 bits per heavy atom. The van der Waals surface area contributed by atoms with Gasteiger partial charge in [0.25, 0.3) is 0 Å². The Kier molecular flexibility index (Phi) is 7.80. The highest BCUT2D eigenvalue weighted by Crippen LogP contribution is 2.43. The third-order valence-corrected chi connectivity index (χ3v) is 12.2. The summed E-state index contributed by atoms with van der Waals surface area (Å²) in [5, 5.41) is 6.43. The van der Waals surface area contributed by atoms with Crippen LogP contribution in [0.2, 0.25) is 0 Å². The van der Waals surface area contributed by atoms with E-state index >= 15 is 0 Å². The second-order valence-corrected chi connectivity index (χ2v) is 15.9. The van der Waals surface area contributed by atoms with Gasteiger partial charge < -0.3 is 13.3 Å². The van der Waals surface area contributed by atoms with Crippen molar-refractivity contribution < 1.29 is 13.3 Å². The Hall–Kier alpha value is -8.61. The first-order chi connectivity index (χ1) is 31.2. The Balaban J connectivity index is 0.935. The molecule has 0 amide bonds. The van der Waals surface area contributed by atoms with E-state index < -0.39 is 0 Å². The summed E-state index contributed by atoms with van der Waals surface area (Å²) in [6, 6.07) is 68.7. The van der Waals surface area contributed by atoms with Crippen LogP contribution in [-0.4, -0.2) is 15.0 Å². The van der Waals surface area contributed by atoms with Gasteiger partial charge in [-0.05, 0) is 82.4 Å². The first kappa shape index (κ1) is 35.2. The van der Waals surface area contributed by atoms with Crippen molar-refractivity contribution >= 4 is 65.8 Å². The molecule has 13 aromatic rings. The van der Waals surface area contributed by atoms with E-state index in [4.69, 9.17) is 28.2 Å². The number of furan rings is 3. The van der Waals surface area contributed by atoms with Crippen LogP contribution < -0.4 is 0 Å². The Morgan fingerprint density at radius 1 is 0.254 bits per heavy atom. The maximum Gasteiger partial charge on any atom is 0.164 e. The zero-order valence-corrected chi connectivity index (χ0v) is 33.6. The fourth-order valence-corrected chi connectivity index (χ4v) is 9.09. The summed E-state index contributed by atoms with van der Waals surface area (Å²) in [6.07, 6.45) is 0. The van der Waals surface area contributed by atoms with Crippen LogP contribution in [0, 0.1) is 0 Å². The third-order valence-electron chi connectivity index (χ3n) is 12.2.